The molecule has 0 bridgehead atoms. The zero-order valence-electron chi connectivity index (χ0n) is 9.45. The van der Waals surface area contributed by atoms with Gasteiger partial charge in [0.25, 0.3) is 0 Å². The van der Waals surface area contributed by atoms with Gasteiger partial charge in [-0.3, -0.25) is 9.69 Å². The molecule has 0 atom stereocenters. The van der Waals surface area contributed by atoms with Crippen molar-refractivity contribution in [1.82, 2.24) is 15.2 Å². The molecule has 2 N–H and O–H groups in total. The van der Waals surface area contributed by atoms with Crippen LogP contribution < -0.4 is 10.6 Å². The van der Waals surface area contributed by atoms with E-state index in [1.165, 1.54) is 0 Å². The Hall–Kier alpha value is -1.17. The number of hydrogen-bond donors (Lipinski definition) is 2. The second kappa shape index (κ2) is 5.95. The molecular formula is C11H15ClN4O. The fraction of sp³-hybridized carbons (Fsp3) is 0.455. The van der Waals surface area contributed by atoms with E-state index < -0.39 is 0 Å². The van der Waals surface area contributed by atoms with Crippen LogP contribution in [0.2, 0.25) is 5.15 Å². The predicted octanol–water partition coefficient (Wildman–Crippen LogP) is 0.579. The SMILES string of the molecule is O=C(CN1CCNCC1)Nc1cccc(Cl)n1. The van der Waals surface area contributed by atoms with Crippen LogP contribution in [0.4, 0.5) is 5.82 Å². The van der Waals surface area contributed by atoms with Gasteiger partial charge in [0.2, 0.25) is 5.91 Å². The molecule has 0 aromatic carbocycles. The van der Waals surface area contributed by atoms with Gasteiger partial charge in [-0.2, -0.15) is 0 Å². The highest BCUT2D eigenvalue weighted by Gasteiger charge is 2.13. The van der Waals surface area contributed by atoms with Gasteiger partial charge in [-0.05, 0) is 12.1 Å². The molecule has 0 radical (unpaired) electrons. The predicted molar refractivity (Wildman–Crippen MR) is 67.2 cm³/mol. The Labute approximate surface area is 105 Å². The number of nitrogens with one attached hydrogen (secondary N) is 2. The molecule has 92 valence electrons. The maximum Gasteiger partial charge on any atom is 0.239 e. The van der Waals surface area contributed by atoms with Crippen LogP contribution in [0.1, 0.15) is 0 Å². The summed E-state index contributed by atoms with van der Waals surface area (Å²) in [4.78, 5) is 17.9. The molecule has 1 aliphatic heterocycles. The molecule has 1 aromatic heterocycles. The first-order chi connectivity index (χ1) is 8.24. The van der Waals surface area contributed by atoms with Crippen LogP contribution in [-0.4, -0.2) is 48.5 Å². The monoisotopic (exact) mass is 254 g/mol. The highest BCUT2D eigenvalue weighted by molar-refractivity contribution is 6.29. The highest BCUT2D eigenvalue weighted by Crippen LogP contribution is 2.09. The lowest BCUT2D eigenvalue weighted by molar-refractivity contribution is -0.117. The average molecular weight is 255 g/mol. The zero-order chi connectivity index (χ0) is 12.1. The Balaban J connectivity index is 1.84. The van der Waals surface area contributed by atoms with E-state index in [0.717, 1.165) is 26.2 Å². The summed E-state index contributed by atoms with van der Waals surface area (Å²) in [6.07, 6.45) is 0. The number of nitrogens with zero attached hydrogens (tertiary/aromatic N) is 2. The van der Waals surface area contributed by atoms with Gasteiger partial charge in [0.05, 0.1) is 6.54 Å². The van der Waals surface area contributed by atoms with E-state index in [9.17, 15) is 4.79 Å². The van der Waals surface area contributed by atoms with Crippen molar-refractivity contribution in [3.8, 4) is 0 Å². The fourth-order valence-electron chi connectivity index (χ4n) is 1.73. The Morgan fingerprint density at radius 3 is 2.94 bits per heavy atom. The Morgan fingerprint density at radius 2 is 2.24 bits per heavy atom. The van der Waals surface area contributed by atoms with Crippen LogP contribution in [0.5, 0.6) is 0 Å². The fourth-order valence-corrected chi connectivity index (χ4v) is 1.90. The van der Waals surface area contributed by atoms with Crippen molar-refractivity contribution >= 4 is 23.3 Å². The van der Waals surface area contributed by atoms with Crippen molar-refractivity contribution in [2.24, 2.45) is 0 Å². The number of rotatable bonds is 3. The number of carbonyl (C=O) groups excluding carboxylic acids is 1. The van der Waals surface area contributed by atoms with E-state index in [-0.39, 0.29) is 5.91 Å². The van der Waals surface area contributed by atoms with E-state index in [4.69, 9.17) is 11.6 Å². The quantitative estimate of drug-likeness (QED) is 0.775. The first kappa shape index (κ1) is 12.3. The number of halogens is 1. The summed E-state index contributed by atoms with van der Waals surface area (Å²) in [5.41, 5.74) is 0. The summed E-state index contributed by atoms with van der Waals surface area (Å²) in [6, 6.07) is 5.16. The van der Waals surface area contributed by atoms with E-state index in [1.54, 1.807) is 18.2 Å². The third kappa shape index (κ3) is 3.96. The molecule has 1 aliphatic rings. The number of pyridine rings is 1. The van der Waals surface area contributed by atoms with Crippen molar-refractivity contribution < 1.29 is 4.79 Å². The maximum atomic E-state index is 11.7. The molecule has 1 saturated heterocycles. The summed E-state index contributed by atoms with van der Waals surface area (Å²) in [5, 5.41) is 6.36. The third-order valence-corrected chi connectivity index (χ3v) is 2.77. The molecule has 0 saturated carbocycles. The van der Waals surface area contributed by atoms with Crippen molar-refractivity contribution in [1.29, 1.82) is 0 Å². The topological polar surface area (TPSA) is 57.3 Å². The minimum atomic E-state index is -0.0540. The van der Waals surface area contributed by atoms with E-state index >= 15 is 0 Å². The van der Waals surface area contributed by atoms with E-state index in [2.05, 4.69) is 20.5 Å². The first-order valence-corrected chi connectivity index (χ1v) is 5.97. The van der Waals surface area contributed by atoms with Gasteiger partial charge in [-0.15, -0.1) is 0 Å². The number of piperazine rings is 1. The molecule has 2 rings (SSSR count). The van der Waals surface area contributed by atoms with Gasteiger partial charge in [-0.25, -0.2) is 4.98 Å². The van der Waals surface area contributed by atoms with Gasteiger partial charge < -0.3 is 10.6 Å². The van der Waals surface area contributed by atoms with E-state index in [0.29, 0.717) is 17.5 Å². The Kier molecular flexibility index (Phi) is 4.30. The average Bonchev–Trinajstić information content (AvgIpc) is 2.30. The van der Waals surface area contributed by atoms with Crippen LogP contribution in [0.25, 0.3) is 0 Å². The van der Waals surface area contributed by atoms with E-state index in [1.807, 2.05) is 0 Å². The molecule has 0 spiro atoms. The van der Waals surface area contributed by atoms with Crippen molar-refractivity contribution in [2.75, 3.05) is 38.0 Å². The summed E-state index contributed by atoms with van der Waals surface area (Å²) in [5.74, 6) is 0.444. The molecule has 17 heavy (non-hydrogen) atoms. The Bertz CT molecular complexity index is 393. The minimum absolute atomic E-state index is 0.0540. The molecule has 6 heteroatoms. The number of carbonyl (C=O) groups is 1. The zero-order valence-corrected chi connectivity index (χ0v) is 10.2. The second-order valence-electron chi connectivity index (χ2n) is 3.92. The van der Waals surface area contributed by atoms with Crippen LogP contribution in [0.3, 0.4) is 0 Å². The van der Waals surface area contributed by atoms with Gasteiger partial charge in [0.15, 0.2) is 0 Å². The highest BCUT2D eigenvalue weighted by atomic mass is 35.5. The number of anilines is 1. The molecule has 5 nitrogen and oxygen atoms in total. The molecule has 1 aromatic rings. The largest absolute Gasteiger partial charge is 0.314 e. The first-order valence-electron chi connectivity index (χ1n) is 5.59. The second-order valence-corrected chi connectivity index (χ2v) is 4.31. The number of aromatic nitrogens is 1. The molecule has 1 fully saturated rings. The summed E-state index contributed by atoms with van der Waals surface area (Å²) < 4.78 is 0. The van der Waals surface area contributed by atoms with Crippen LogP contribution in [-0.2, 0) is 4.79 Å². The third-order valence-electron chi connectivity index (χ3n) is 2.56. The summed E-state index contributed by atoms with van der Waals surface area (Å²) in [6.45, 7) is 4.06. The van der Waals surface area contributed by atoms with Crippen LogP contribution in [0.15, 0.2) is 18.2 Å². The van der Waals surface area contributed by atoms with Gasteiger partial charge >= 0.3 is 0 Å². The molecular weight excluding hydrogens is 240 g/mol. The lowest BCUT2D eigenvalue weighted by Crippen LogP contribution is -2.46. The van der Waals surface area contributed by atoms with Crippen LogP contribution >= 0.6 is 11.6 Å². The molecule has 0 aliphatic carbocycles. The van der Waals surface area contributed by atoms with Crippen molar-refractivity contribution in [3.63, 3.8) is 0 Å². The standard InChI is InChI=1S/C11H15ClN4O/c12-9-2-1-3-10(14-9)15-11(17)8-16-6-4-13-5-7-16/h1-3,13H,4-8H2,(H,14,15,17). The summed E-state index contributed by atoms with van der Waals surface area (Å²) in [7, 11) is 0. The summed E-state index contributed by atoms with van der Waals surface area (Å²) >= 11 is 5.74. The molecule has 1 amide bonds. The minimum Gasteiger partial charge on any atom is -0.314 e. The molecule has 0 unspecified atom stereocenters. The Morgan fingerprint density at radius 1 is 1.47 bits per heavy atom. The number of amides is 1. The van der Waals surface area contributed by atoms with Gasteiger partial charge in [0.1, 0.15) is 11.0 Å². The maximum absolute atomic E-state index is 11.7. The van der Waals surface area contributed by atoms with Crippen molar-refractivity contribution in [3.05, 3.63) is 23.4 Å². The van der Waals surface area contributed by atoms with Crippen LogP contribution in [0, 0.1) is 0 Å². The lowest BCUT2D eigenvalue weighted by Gasteiger charge is -2.26. The lowest BCUT2D eigenvalue weighted by atomic mass is 10.3. The number of hydrogen-bond acceptors (Lipinski definition) is 4. The van der Waals surface area contributed by atoms with Gasteiger partial charge in [0, 0.05) is 26.2 Å². The van der Waals surface area contributed by atoms with Gasteiger partial charge in [-0.1, -0.05) is 17.7 Å². The van der Waals surface area contributed by atoms with Crippen molar-refractivity contribution in [2.45, 2.75) is 0 Å². The normalized spacial score (nSPS) is 16.8. The smallest absolute Gasteiger partial charge is 0.239 e. The molecule has 2 heterocycles.